The van der Waals surface area contributed by atoms with Crippen LogP contribution >= 0.6 is 0 Å². The summed E-state index contributed by atoms with van der Waals surface area (Å²) in [6, 6.07) is 1.72. The fourth-order valence-electron chi connectivity index (χ4n) is 2.02. The Labute approximate surface area is 99.6 Å². The van der Waals surface area contributed by atoms with Crippen LogP contribution in [-0.4, -0.2) is 22.2 Å². The summed E-state index contributed by atoms with van der Waals surface area (Å²) < 4.78 is 5.81. The van der Waals surface area contributed by atoms with E-state index in [1.165, 1.54) is 12.6 Å². The zero-order valence-electron chi connectivity index (χ0n) is 9.56. The van der Waals surface area contributed by atoms with Crippen LogP contribution in [0.4, 0.5) is 0 Å². The maximum atomic E-state index is 10.9. The molecule has 0 radical (unpaired) electrons. The molecule has 2 aliphatic rings. The zero-order chi connectivity index (χ0) is 11.8. The van der Waals surface area contributed by atoms with Gasteiger partial charge in [0.15, 0.2) is 0 Å². The van der Waals surface area contributed by atoms with Gasteiger partial charge in [-0.3, -0.25) is 0 Å². The molecule has 2 saturated carbocycles. The molecule has 17 heavy (non-hydrogen) atoms. The Morgan fingerprint density at radius 2 is 2.12 bits per heavy atom. The molecular formula is C13H15NO3. The highest BCUT2D eigenvalue weighted by molar-refractivity contribution is 5.87. The number of aromatic nitrogens is 1. The van der Waals surface area contributed by atoms with E-state index in [-0.39, 0.29) is 11.7 Å². The fourth-order valence-corrected chi connectivity index (χ4v) is 2.02. The van der Waals surface area contributed by atoms with Crippen molar-refractivity contribution < 1.29 is 14.6 Å². The molecule has 0 bridgehead atoms. The SMILES string of the molecule is O=C(O)c1cnc(OC2CCC2)c(C2CC2)c1. The Balaban J connectivity index is 1.87. The second-order valence-corrected chi connectivity index (χ2v) is 4.87. The summed E-state index contributed by atoms with van der Waals surface area (Å²) in [6.07, 6.45) is 7.31. The molecule has 0 aromatic carbocycles. The van der Waals surface area contributed by atoms with Crippen LogP contribution < -0.4 is 4.74 Å². The molecule has 0 amide bonds. The van der Waals surface area contributed by atoms with Crippen molar-refractivity contribution in [3.8, 4) is 5.88 Å². The summed E-state index contributed by atoms with van der Waals surface area (Å²) >= 11 is 0. The lowest BCUT2D eigenvalue weighted by Gasteiger charge is -2.26. The summed E-state index contributed by atoms with van der Waals surface area (Å²) in [7, 11) is 0. The first-order valence-corrected chi connectivity index (χ1v) is 6.14. The Morgan fingerprint density at radius 3 is 2.65 bits per heavy atom. The molecule has 90 valence electrons. The number of hydrogen-bond acceptors (Lipinski definition) is 3. The normalized spacial score (nSPS) is 19.8. The molecule has 4 heteroatoms. The molecule has 2 aliphatic carbocycles. The van der Waals surface area contributed by atoms with E-state index in [1.807, 2.05) is 0 Å². The first kappa shape index (κ1) is 10.6. The predicted molar refractivity (Wildman–Crippen MR) is 61.4 cm³/mol. The van der Waals surface area contributed by atoms with Crippen LogP contribution in [0.1, 0.15) is 53.9 Å². The van der Waals surface area contributed by atoms with Crippen molar-refractivity contribution in [3.05, 3.63) is 23.4 Å². The topological polar surface area (TPSA) is 59.4 Å². The Hall–Kier alpha value is -1.58. The van der Waals surface area contributed by atoms with Gasteiger partial charge in [0.1, 0.15) is 6.10 Å². The number of nitrogens with zero attached hydrogens (tertiary/aromatic N) is 1. The van der Waals surface area contributed by atoms with Crippen molar-refractivity contribution in [2.75, 3.05) is 0 Å². The summed E-state index contributed by atoms with van der Waals surface area (Å²) in [4.78, 5) is 15.1. The smallest absolute Gasteiger partial charge is 0.337 e. The third kappa shape index (κ3) is 2.12. The van der Waals surface area contributed by atoms with E-state index in [9.17, 15) is 4.79 Å². The fraction of sp³-hybridized carbons (Fsp3) is 0.538. The zero-order valence-corrected chi connectivity index (χ0v) is 9.56. The van der Waals surface area contributed by atoms with Gasteiger partial charge in [-0.05, 0) is 44.1 Å². The molecule has 1 heterocycles. The summed E-state index contributed by atoms with van der Waals surface area (Å²) in [5.74, 6) is 0.189. The Kier molecular flexibility index (Phi) is 2.50. The standard InChI is InChI=1S/C13H15NO3/c15-13(16)9-6-11(8-4-5-8)12(14-7-9)17-10-2-1-3-10/h6-8,10H,1-5H2,(H,15,16). The van der Waals surface area contributed by atoms with Crippen molar-refractivity contribution in [3.63, 3.8) is 0 Å². The van der Waals surface area contributed by atoms with Gasteiger partial charge in [-0.15, -0.1) is 0 Å². The molecular weight excluding hydrogens is 218 g/mol. The molecule has 1 aromatic rings. The number of rotatable bonds is 4. The Morgan fingerprint density at radius 1 is 1.35 bits per heavy atom. The van der Waals surface area contributed by atoms with Crippen molar-refractivity contribution >= 4 is 5.97 Å². The number of aromatic carboxylic acids is 1. The van der Waals surface area contributed by atoms with Crippen molar-refractivity contribution in [1.82, 2.24) is 4.98 Å². The van der Waals surface area contributed by atoms with Crippen LogP contribution in [0.5, 0.6) is 5.88 Å². The van der Waals surface area contributed by atoms with Gasteiger partial charge in [0.25, 0.3) is 0 Å². The van der Waals surface area contributed by atoms with Crippen LogP contribution in [0, 0.1) is 0 Å². The first-order chi connectivity index (χ1) is 8.24. The molecule has 0 atom stereocenters. The summed E-state index contributed by atoms with van der Waals surface area (Å²) in [5.41, 5.74) is 1.24. The number of pyridine rings is 1. The number of hydrogen-bond donors (Lipinski definition) is 1. The molecule has 1 N–H and O–H groups in total. The first-order valence-electron chi connectivity index (χ1n) is 6.14. The van der Waals surface area contributed by atoms with Crippen molar-refractivity contribution in [2.45, 2.75) is 44.1 Å². The van der Waals surface area contributed by atoms with Gasteiger partial charge in [-0.1, -0.05) is 0 Å². The van der Waals surface area contributed by atoms with E-state index >= 15 is 0 Å². The second kappa shape index (κ2) is 4.02. The molecule has 4 nitrogen and oxygen atoms in total. The number of carboxylic acids is 1. The van der Waals surface area contributed by atoms with Gasteiger partial charge in [0.2, 0.25) is 5.88 Å². The predicted octanol–water partition coefficient (Wildman–Crippen LogP) is 2.59. The van der Waals surface area contributed by atoms with Gasteiger partial charge < -0.3 is 9.84 Å². The Bertz CT molecular complexity index is 450. The third-order valence-electron chi connectivity index (χ3n) is 3.47. The van der Waals surface area contributed by atoms with Gasteiger partial charge in [0, 0.05) is 11.8 Å². The minimum atomic E-state index is -0.922. The van der Waals surface area contributed by atoms with E-state index in [4.69, 9.17) is 9.84 Å². The average Bonchev–Trinajstić information content (AvgIpc) is 3.07. The minimum Gasteiger partial charge on any atom is -0.478 e. The van der Waals surface area contributed by atoms with Crippen LogP contribution in [-0.2, 0) is 0 Å². The van der Waals surface area contributed by atoms with Crippen molar-refractivity contribution in [2.24, 2.45) is 0 Å². The van der Waals surface area contributed by atoms with E-state index in [0.717, 1.165) is 31.2 Å². The molecule has 0 aliphatic heterocycles. The summed E-state index contributed by atoms with van der Waals surface area (Å²) in [5, 5.41) is 8.96. The maximum Gasteiger partial charge on any atom is 0.337 e. The van der Waals surface area contributed by atoms with Gasteiger partial charge >= 0.3 is 5.97 Å². The van der Waals surface area contributed by atoms with Gasteiger partial charge in [-0.25, -0.2) is 9.78 Å². The molecule has 1 aromatic heterocycles. The number of carboxylic acid groups (broad SMARTS) is 1. The van der Waals surface area contributed by atoms with E-state index < -0.39 is 5.97 Å². The van der Waals surface area contributed by atoms with Gasteiger partial charge in [-0.2, -0.15) is 0 Å². The monoisotopic (exact) mass is 233 g/mol. The van der Waals surface area contributed by atoms with E-state index in [0.29, 0.717) is 11.8 Å². The van der Waals surface area contributed by atoms with Crippen LogP contribution in [0.2, 0.25) is 0 Å². The van der Waals surface area contributed by atoms with Crippen LogP contribution in [0.15, 0.2) is 12.3 Å². The highest BCUT2D eigenvalue weighted by Gasteiger charge is 2.30. The molecule has 0 spiro atoms. The second-order valence-electron chi connectivity index (χ2n) is 4.87. The number of ether oxygens (including phenoxy) is 1. The average molecular weight is 233 g/mol. The number of carbonyl (C=O) groups is 1. The summed E-state index contributed by atoms with van der Waals surface area (Å²) in [6.45, 7) is 0. The van der Waals surface area contributed by atoms with E-state index in [2.05, 4.69) is 4.98 Å². The minimum absolute atomic E-state index is 0.257. The lowest BCUT2D eigenvalue weighted by Crippen LogP contribution is -2.25. The lowest BCUT2D eigenvalue weighted by molar-refractivity contribution is 0.0696. The molecule has 0 saturated heterocycles. The van der Waals surface area contributed by atoms with E-state index in [1.54, 1.807) is 6.07 Å². The third-order valence-corrected chi connectivity index (χ3v) is 3.47. The maximum absolute atomic E-state index is 10.9. The van der Waals surface area contributed by atoms with Crippen LogP contribution in [0.25, 0.3) is 0 Å². The highest BCUT2D eigenvalue weighted by Crippen LogP contribution is 2.44. The molecule has 0 unspecified atom stereocenters. The highest BCUT2D eigenvalue weighted by atomic mass is 16.5. The lowest BCUT2D eigenvalue weighted by atomic mass is 9.96. The molecule has 2 fully saturated rings. The van der Waals surface area contributed by atoms with Crippen LogP contribution in [0.3, 0.4) is 0 Å². The quantitative estimate of drug-likeness (QED) is 0.868. The largest absolute Gasteiger partial charge is 0.478 e. The van der Waals surface area contributed by atoms with Crippen molar-refractivity contribution in [1.29, 1.82) is 0 Å². The molecule has 3 rings (SSSR count). The van der Waals surface area contributed by atoms with Gasteiger partial charge in [0.05, 0.1) is 5.56 Å².